The summed E-state index contributed by atoms with van der Waals surface area (Å²) in [7, 11) is 0. The Labute approximate surface area is 96.5 Å². The molecule has 1 aromatic carbocycles. The van der Waals surface area contributed by atoms with Crippen LogP contribution in [0.1, 0.15) is 25.5 Å². The molecule has 5 heteroatoms. The molecule has 0 aliphatic carbocycles. The van der Waals surface area contributed by atoms with Crippen molar-refractivity contribution in [3.63, 3.8) is 0 Å². The fraction of sp³-hybridized carbons (Fsp3) is 0.250. The number of hydrogen-bond donors (Lipinski definition) is 1. The van der Waals surface area contributed by atoms with Crippen molar-refractivity contribution >= 4 is 0 Å². The van der Waals surface area contributed by atoms with Crippen molar-refractivity contribution in [1.29, 1.82) is 0 Å². The Balaban J connectivity index is 2.52. The molecule has 0 radical (unpaired) electrons. The van der Waals surface area contributed by atoms with Crippen LogP contribution in [0.15, 0.2) is 18.2 Å². The Hall–Kier alpha value is -1.78. The van der Waals surface area contributed by atoms with Crippen LogP contribution in [0.5, 0.6) is 0 Å². The van der Waals surface area contributed by atoms with E-state index in [1.54, 1.807) is 6.07 Å². The van der Waals surface area contributed by atoms with Gasteiger partial charge in [0.25, 0.3) is 0 Å². The average molecular weight is 240 g/mol. The van der Waals surface area contributed by atoms with Gasteiger partial charge in [0.05, 0.1) is 11.3 Å². The Morgan fingerprint density at radius 2 is 1.65 bits per heavy atom. The minimum Gasteiger partial charge on any atom is -0.282 e. The second-order valence-electron chi connectivity index (χ2n) is 4.11. The first-order valence-electron chi connectivity index (χ1n) is 5.19. The standard InChI is InChI=1S/C12H11F3N2/c1-6(2)10-5-11(17-16-10)12-8(14)3-7(13)4-9(12)15/h3-6H,1-2H3,(H,16,17). The van der Waals surface area contributed by atoms with Crippen LogP contribution in [0, 0.1) is 17.5 Å². The summed E-state index contributed by atoms with van der Waals surface area (Å²) in [5.41, 5.74) is 0.598. The van der Waals surface area contributed by atoms with Gasteiger partial charge in [0.1, 0.15) is 17.5 Å². The third-order valence-corrected chi connectivity index (χ3v) is 2.48. The largest absolute Gasteiger partial charge is 0.282 e. The fourth-order valence-corrected chi connectivity index (χ4v) is 1.55. The van der Waals surface area contributed by atoms with E-state index >= 15 is 0 Å². The molecule has 2 nitrogen and oxygen atoms in total. The topological polar surface area (TPSA) is 28.7 Å². The molecule has 90 valence electrons. The smallest absolute Gasteiger partial charge is 0.138 e. The number of halogens is 3. The molecular weight excluding hydrogens is 229 g/mol. The minimum atomic E-state index is -0.954. The summed E-state index contributed by atoms with van der Waals surface area (Å²) in [5.74, 6) is -2.68. The van der Waals surface area contributed by atoms with Gasteiger partial charge in [-0.25, -0.2) is 13.2 Å². The highest BCUT2D eigenvalue weighted by atomic mass is 19.1. The van der Waals surface area contributed by atoms with Gasteiger partial charge in [-0.05, 0) is 12.0 Å². The van der Waals surface area contributed by atoms with Gasteiger partial charge in [-0.1, -0.05) is 13.8 Å². The molecule has 1 N–H and O–H groups in total. The molecule has 0 aliphatic rings. The van der Waals surface area contributed by atoms with Crippen molar-refractivity contribution in [2.24, 2.45) is 0 Å². The average Bonchev–Trinajstić information content (AvgIpc) is 2.65. The maximum atomic E-state index is 13.5. The van der Waals surface area contributed by atoms with Crippen LogP contribution in [0.4, 0.5) is 13.2 Å². The van der Waals surface area contributed by atoms with Gasteiger partial charge in [-0.2, -0.15) is 5.10 Å². The lowest BCUT2D eigenvalue weighted by molar-refractivity contribution is 0.547. The Bertz CT molecular complexity index is 523. The van der Waals surface area contributed by atoms with Gasteiger partial charge in [-0.15, -0.1) is 0 Å². The van der Waals surface area contributed by atoms with Gasteiger partial charge in [0, 0.05) is 17.8 Å². The zero-order valence-corrected chi connectivity index (χ0v) is 9.39. The van der Waals surface area contributed by atoms with E-state index in [1.165, 1.54) is 0 Å². The molecule has 0 atom stereocenters. The lowest BCUT2D eigenvalue weighted by atomic mass is 10.1. The molecule has 0 bridgehead atoms. The van der Waals surface area contributed by atoms with Crippen LogP contribution in [0.25, 0.3) is 11.3 Å². The Morgan fingerprint density at radius 1 is 1.06 bits per heavy atom. The number of rotatable bonds is 2. The SMILES string of the molecule is CC(C)c1cc(-c2c(F)cc(F)cc2F)n[nH]1. The number of nitrogens with zero attached hydrogens (tertiary/aromatic N) is 1. The summed E-state index contributed by atoms with van der Waals surface area (Å²) in [6.07, 6.45) is 0. The highest BCUT2D eigenvalue weighted by molar-refractivity contribution is 5.61. The van der Waals surface area contributed by atoms with E-state index in [4.69, 9.17) is 0 Å². The highest BCUT2D eigenvalue weighted by Crippen LogP contribution is 2.27. The van der Waals surface area contributed by atoms with Gasteiger partial charge in [0.15, 0.2) is 0 Å². The number of H-pyrrole nitrogens is 1. The quantitative estimate of drug-likeness (QED) is 0.853. The molecule has 1 aromatic heterocycles. The first-order valence-corrected chi connectivity index (χ1v) is 5.19. The molecule has 0 unspecified atom stereocenters. The molecule has 0 saturated heterocycles. The third-order valence-electron chi connectivity index (χ3n) is 2.48. The molecular formula is C12H11F3N2. The molecule has 2 aromatic rings. The molecule has 0 amide bonds. The number of hydrogen-bond acceptors (Lipinski definition) is 1. The van der Waals surface area contributed by atoms with Crippen molar-refractivity contribution in [2.45, 2.75) is 19.8 Å². The van der Waals surface area contributed by atoms with Crippen molar-refractivity contribution in [3.8, 4) is 11.3 Å². The Kier molecular flexibility index (Phi) is 2.92. The minimum absolute atomic E-state index is 0.142. The van der Waals surface area contributed by atoms with E-state index in [0.29, 0.717) is 12.1 Å². The summed E-state index contributed by atoms with van der Waals surface area (Å²) in [6, 6.07) is 2.84. The maximum Gasteiger partial charge on any atom is 0.138 e. The van der Waals surface area contributed by atoms with Crippen LogP contribution >= 0.6 is 0 Å². The predicted octanol–water partition coefficient (Wildman–Crippen LogP) is 3.62. The number of aromatic nitrogens is 2. The van der Waals surface area contributed by atoms with Crippen LogP contribution in [-0.2, 0) is 0 Å². The van der Waals surface area contributed by atoms with E-state index in [2.05, 4.69) is 10.2 Å². The lowest BCUT2D eigenvalue weighted by Gasteiger charge is -2.01. The van der Waals surface area contributed by atoms with Crippen LogP contribution in [0.3, 0.4) is 0 Å². The highest BCUT2D eigenvalue weighted by Gasteiger charge is 2.16. The fourth-order valence-electron chi connectivity index (χ4n) is 1.55. The molecule has 2 rings (SSSR count). The first kappa shape index (κ1) is 11.7. The van der Waals surface area contributed by atoms with Crippen molar-refractivity contribution in [3.05, 3.63) is 41.3 Å². The van der Waals surface area contributed by atoms with Crippen molar-refractivity contribution in [1.82, 2.24) is 10.2 Å². The van der Waals surface area contributed by atoms with Gasteiger partial charge in [0.2, 0.25) is 0 Å². The molecule has 0 aliphatic heterocycles. The monoisotopic (exact) mass is 240 g/mol. The summed E-state index contributed by atoms with van der Waals surface area (Å²) in [4.78, 5) is 0. The molecule has 17 heavy (non-hydrogen) atoms. The Morgan fingerprint density at radius 3 is 2.12 bits per heavy atom. The van der Waals surface area contributed by atoms with E-state index in [-0.39, 0.29) is 17.2 Å². The van der Waals surface area contributed by atoms with Crippen molar-refractivity contribution < 1.29 is 13.2 Å². The number of nitrogens with one attached hydrogen (secondary N) is 1. The van der Waals surface area contributed by atoms with E-state index in [9.17, 15) is 13.2 Å². The molecule has 0 fully saturated rings. The normalized spacial score (nSPS) is 11.2. The van der Waals surface area contributed by atoms with Gasteiger partial charge in [-0.3, -0.25) is 5.10 Å². The maximum absolute atomic E-state index is 13.5. The third kappa shape index (κ3) is 2.18. The zero-order chi connectivity index (χ0) is 12.6. The van der Waals surface area contributed by atoms with E-state index in [1.807, 2.05) is 13.8 Å². The summed E-state index contributed by atoms with van der Waals surface area (Å²) in [5, 5.41) is 6.53. The van der Waals surface area contributed by atoms with Crippen LogP contribution in [-0.4, -0.2) is 10.2 Å². The summed E-state index contributed by atoms with van der Waals surface area (Å²) in [6.45, 7) is 3.85. The molecule has 0 saturated carbocycles. The van der Waals surface area contributed by atoms with Gasteiger partial charge < -0.3 is 0 Å². The molecule has 1 heterocycles. The van der Waals surface area contributed by atoms with Crippen LogP contribution in [0.2, 0.25) is 0 Å². The number of benzene rings is 1. The second kappa shape index (κ2) is 4.24. The van der Waals surface area contributed by atoms with Crippen LogP contribution < -0.4 is 0 Å². The summed E-state index contributed by atoms with van der Waals surface area (Å²) >= 11 is 0. The molecule has 0 spiro atoms. The predicted molar refractivity (Wildman–Crippen MR) is 58.0 cm³/mol. The second-order valence-corrected chi connectivity index (χ2v) is 4.11. The first-order chi connectivity index (χ1) is 7.99. The number of aromatic amines is 1. The summed E-state index contributed by atoms with van der Waals surface area (Å²) < 4.78 is 39.7. The lowest BCUT2D eigenvalue weighted by Crippen LogP contribution is -1.92. The van der Waals surface area contributed by atoms with Gasteiger partial charge >= 0.3 is 0 Å². The van der Waals surface area contributed by atoms with E-state index in [0.717, 1.165) is 5.69 Å². The van der Waals surface area contributed by atoms with E-state index < -0.39 is 17.5 Å². The zero-order valence-electron chi connectivity index (χ0n) is 9.39. The van der Waals surface area contributed by atoms with Crippen molar-refractivity contribution in [2.75, 3.05) is 0 Å².